The zero-order chi connectivity index (χ0) is 29.6. The van der Waals surface area contributed by atoms with Crippen LogP contribution in [0.4, 0.5) is 4.39 Å². The Bertz CT molecular complexity index is 1340. The summed E-state index contributed by atoms with van der Waals surface area (Å²) in [4.78, 5) is 41.8. The van der Waals surface area contributed by atoms with Gasteiger partial charge in [-0.25, -0.2) is 14.2 Å². The first kappa shape index (κ1) is 30.8. The summed E-state index contributed by atoms with van der Waals surface area (Å²) in [6, 6.07) is 8.25. The largest absolute Gasteiger partial charge is 0.480 e. The van der Waals surface area contributed by atoms with Gasteiger partial charge < -0.3 is 25.9 Å². The molecule has 5 N–H and O–H groups in total. The molecule has 9 nitrogen and oxygen atoms in total. The summed E-state index contributed by atoms with van der Waals surface area (Å²) in [6.45, 7) is 7.32. The van der Waals surface area contributed by atoms with E-state index < -0.39 is 41.7 Å². The number of benzene rings is 2. The molecule has 0 radical (unpaired) electrons. The van der Waals surface area contributed by atoms with E-state index in [0.717, 1.165) is 5.56 Å². The molecule has 0 aliphatic heterocycles. The van der Waals surface area contributed by atoms with E-state index in [2.05, 4.69) is 15.6 Å². The molecule has 0 saturated carbocycles. The van der Waals surface area contributed by atoms with Gasteiger partial charge in [-0.05, 0) is 54.0 Å². The molecule has 1 heterocycles. The van der Waals surface area contributed by atoms with E-state index in [4.69, 9.17) is 21.8 Å². The Morgan fingerprint density at radius 2 is 1.75 bits per heavy atom. The van der Waals surface area contributed by atoms with Crippen molar-refractivity contribution in [3.8, 4) is 11.1 Å². The minimum absolute atomic E-state index is 0.0423. The van der Waals surface area contributed by atoms with Gasteiger partial charge in [-0.1, -0.05) is 63.6 Å². The number of oxazole rings is 1. The van der Waals surface area contributed by atoms with Gasteiger partial charge in [0.05, 0.1) is 11.7 Å². The first-order chi connectivity index (χ1) is 18.8. The molecular weight excluding hydrogens is 539 g/mol. The highest BCUT2D eigenvalue weighted by Gasteiger charge is 2.29. The molecule has 3 aromatic rings. The Kier molecular flexibility index (Phi) is 10.4. The van der Waals surface area contributed by atoms with Crippen LogP contribution in [0.3, 0.4) is 0 Å². The van der Waals surface area contributed by atoms with E-state index in [9.17, 15) is 23.9 Å². The number of aliphatic carboxylic acids is 1. The predicted octanol–water partition coefficient (Wildman–Crippen LogP) is 4.54. The molecule has 3 atom stereocenters. The number of rotatable bonds is 12. The van der Waals surface area contributed by atoms with E-state index >= 15 is 0 Å². The summed E-state index contributed by atoms with van der Waals surface area (Å²) in [5.74, 6) is -3.23. The molecule has 0 fully saturated rings. The number of carbonyl (C=O) groups is 3. The topological polar surface area (TPSA) is 148 Å². The van der Waals surface area contributed by atoms with Crippen LogP contribution in [0.2, 0.25) is 5.02 Å². The van der Waals surface area contributed by atoms with Crippen LogP contribution in [0, 0.1) is 11.7 Å². The van der Waals surface area contributed by atoms with Crippen LogP contribution in [0.25, 0.3) is 11.1 Å². The van der Waals surface area contributed by atoms with Gasteiger partial charge in [0.25, 0.3) is 5.89 Å². The Labute approximate surface area is 237 Å². The van der Waals surface area contributed by atoms with Crippen molar-refractivity contribution in [3.63, 3.8) is 0 Å². The summed E-state index contributed by atoms with van der Waals surface area (Å²) in [6.07, 6.45) is 1.47. The summed E-state index contributed by atoms with van der Waals surface area (Å²) in [7, 11) is 0. The summed E-state index contributed by atoms with van der Waals surface area (Å²) in [5, 5.41) is 15.5. The lowest BCUT2D eigenvalue weighted by molar-refractivity contribution is -0.142. The molecule has 214 valence electrons. The lowest BCUT2D eigenvalue weighted by Crippen LogP contribution is -2.52. The number of hydrogen-bond acceptors (Lipinski definition) is 6. The number of nitrogens with two attached hydrogens (primary N) is 1. The van der Waals surface area contributed by atoms with Gasteiger partial charge >= 0.3 is 11.9 Å². The molecule has 1 aromatic heterocycles. The van der Waals surface area contributed by atoms with Crippen LogP contribution in [0.1, 0.15) is 62.0 Å². The molecular formula is C29H34ClFN4O5. The molecule has 40 heavy (non-hydrogen) atoms. The first-order valence-corrected chi connectivity index (χ1v) is 13.3. The first-order valence-electron chi connectivity index (χ1n) is 12.9. The zero-order valence-electron chi connectivity index (χ0n) is 22.8. The van der Waals surface area contributed by atoms with Crippen molar-refractivity contribution in [1.29, 1.82) is 0 Å². The van der Waals surface area contributed by atoms with E-state index in [0.29, 0.717) is 21.8 Å². The van der Waals surface area contributed by atoms with Gasteiger partial charge in [-0.2, -0.15) is 0 Å². The number of nitrogens with zero attached hydrogens (tertiary/aromatic N) is 1. The maximum Gasteiger partial charge on any atom is 0.326 e. The molecule has 0 aliphatic carbocycles. The number of amides is 2. The van der Waals surface area contributed by atoms with E-state index in [1.54, 1.807) is 38.1 Å². The number of carbonyl (C=O) groups excluding carboxylic acids is 2. The van der Waals surface area contributed by atoms with Gasteiger partial charge in [0, 0.05) is 16.6 Å². The van der Waals surface area contributed by atoms with E-state index in [1.807, 2.05) is 13.8 Å². The van der Waals surface area contributed by atoms with Crippen molar-refractivity contribution in [2.75, 3.05) is 0 Å². The van der Waals surface area contributed by atoms with E-state index in [-0.39, 0.29) is 30.6 Å². The second kappa shape index (κ2) is 13.5. The summed E-state index contributed by atoms with van der Waals surface area (Å²) in [5.41, 5.74) is 8.17. The normalized spacial score (nSPS) is 13.6. The van der Waals surface area contributed by atoms with E-state index in [1.165, 1.54) is 24.5 Å². The van der Waals surface area contributed by atoms with Gasteiger partial charge in [0.1, 0.15) is 18.1 Å². The van der Waals surface area contributed by atoms with Crippen molar-refractivity contribution in [1.82, 2.24) is 15.6 Å². The molecule has 0 unspecified atom stereocenters. The fourth-order valence-electron chi connectivity index (χ4n) is 4.00. The van der Waals surface area contributed by atoms with Crippen LogP contribution >= 0.6 is 11.6 Å². The van der Waals surface area contributed by atoms with Crippen LogP contribution < -0.4 is 16.4 Å². The van der Waals surface area contributed by atoms with Crippen molar-refractivity contribution in [2.24, 2.45) is 11.7 Å². The fourth-order valence-corrected chi connectivity index (χ4v) is 4.17. The second-order valence-electron chi connectivity index (χ2n) is 10.3. The molecule has 11 heteroatoms. The lowest BCUT2D eigenvalue weighted by Gasteiger charge is -2.24. The minimum Gasteiger partial charge on any atom is -0.480 e. The number of hydrogen-bond donors (Lipinski definition) is 4. The highest BCUT2D eigenvalue weighted by atomic mass is 35.5. The molecule has 0 bridgehead atoms. The quantitative estimate of drug-likeness (QED) is 0.249. The van der Waals surface area contributed by atoms with Crippen LogP contribution in [-0.2, 0) is 16.0 Å². The van der Waals surface area contributed by atoms with Crippen molar-refractivity contribution >= 4 is 29.4 Å². The Morgan fingerprint density at radius 3 is 2.33 bits per heavy atom. The fraction of sp³-hybridized carbons (Fsp3) is 0.379. The maximum absolute atomic E-state index is 14.3. The smallest absolute Gasteiger partial charge is 0.326 e. The third-order valence-corrected chi connectivity index (χ3v) is 6.71. The van der Waals surface area contributed by atoms with Crippen molar-refractivity contribution < 1.29 is 28.3 Å². The summed E-state index contributed by atoms with van der Waals surface area (Å²) < 4.78 is 19.7. The average molecular weight is 573 g/mol. The van der Waals surface area contributed by atoms with Gasteiger partial charge in [0.2, 0.25) is 5.91 Å². The zero-order valence-corrected chi connectivity index (χ0v) is 23.5. The number of aromatic nitrogens is 1. The highest BCUT2D eigenvalue weighted by molar-refractivity contribution is 6.30. The predicted molar refractivity (Wildman–Crippen MR) is 149 cm³/mol. The third kappa shape index (κ3) is 8.12. The Hall–Kier alpha value is -3.76. The Morgan fingerprint density at radius 1 is 1.07 bits per heavy atom. The molecule has 0 spiro atoms. The van der Waals surface area contributed by atoms with Crippen LogP contribution in [0.5, 0.6) is 0 Å². The SMILES string of the molecule is CC(C)c1coc(C(=O)N[C@H](Cc2ccc(-c3cc(Cl)ccc3F)cc2)C[C@@H](NC(=O)[C@@H](N)C(C)C)C(=O)O)n1. The van der Waals surface area contributed by atoms with Crippen LogP contribution in [-0.4, -0.2) is 46.0 Å². The molecule has 2 amide bonds. The number of carboxylic acid groups (broad SMARTS) is 1. The van der Waals surface area contributed by atoms with Gasteiger partial charge in [0.15, 0.2) is 0 Å². The monoisotopic (exact) mass is 572 g/mol. The molecule has 3 rings (SSSR count). The number of nitrogens with one attached hydrogen (secondary N) is 2. The number of carboxylic acids is 1. The van der Waals surface area contributed by atoms with Crippen molar-refractivity contribution in [2.45, 2.75) is 64.6 Å². The average Bonchev–Trinajstić information content (AvgIpc) is 3.40. The molecule has 0 aliphatic rings. The van der Waals surface area contributed by atoms with Gasteiger partial charge in [-0.3, -0.25) is 9.59 Å². The standard InChI is InChI=1S/C29H34ClFN4O5/c1-15(2)24-14-40-28(35-24)27(37)33-20(13-23(29(38)39)34-26(36)25(32)16(3)4)11-17-5-7-18(8-6-17)21-12-19(30)9-10-22(21)31/h5-10,12,14-16,20,23,25H,11,13,32H2,1-4H3,(H,33,37)(H,34,36)(H,38,39)/t20-,23-,25+/m1/s1. The molecule has 2 aromatic carbocycles. The summed E-state index contributed by atoms with van der Waals surface area (Å²) >= 11 is 6.03. The second-order valence-corrected chi connectivity index (χ2v) is 10.8. The number of halogens is 2. The third-order valence-electron chi connectivity index (χ3n) is 6.47. The van der Waals surface area contributed by atoms with Crippen LogP contribution in [0.15, 0.2) is 53.1 Å². The Balaban J connectivity index is 1.84. The van der Waals surface area contributed by atoms with Gasteiger partial charge in [-0.15, -0.1) is 0 Å². The maximum atomic E-state index is 14.3. The lowest BCUT2D eigenvalue weighted by atomic mass is 9.96. The highest BCUT2D eigenvalue weighted by Crippen LogP contribution is 2.26. The van der Waals surface area contributed by atoms with Crippen molar-refractivity contribution in [3.05, 3.63) is 76.7 Å². The molecule has 0 saturated heterocycles. The minimum atomic E-state index is -1.32.